The first-order valence-corrected chi connectivity index (χ1v) is 5.95. The van der Waals surface area contributed by atoms with Gasteiger partial charge >= 0.3 is 0 Å². The molecular formula is C14H11NOS. The summed E-state index contributed by atoms with van der Waals surface area (Å²) >= 11 is 1.62. The summed E-state index contributed by atoms with van der Waals surface area (Å²) in [6.07, 6.45) is 0. The Labute approximate surface area is 105 Å². The Morgan fingerprint density at radius 3 is 2.47 bits per heavy atom. The minimum Gasteiger partial charge on any atom is -0.497 e. The quantitative estimate of drug-likeness (QED) is 0.821. The smallest absolute Gasteiger partial charge is 0.119 e. The number of nitriles is 1. The third-order valence-corrected chi connectivity index (χ3v) is 3.22. The average molecular weight is 241 g/mol. The van der Waals surface area contributed by atoms with Crippen LogP contribution in [-0.2, 0) is 0 Å². The van der Waals surface area contributed by atoms with Gasteiger partial charge in [0.15, 0.2) is 0 Å². The van der Waals surface area contributed by atoms with Gasteiger partial charge in [-0.05, 0) is 36.4 Å². The molecule has 2 aromatic rings. The van der Waals surface area contributed by atoms with Crippen molar-refractivity contribution in [2.45, 2.75) is 9.79 Å². The molecule has 0 saturated heterocycles. The van der Waals surface area contributed by atoms with Crippen LogP contribution in [0.3, 0.4) is 0 Å². The topological polar surface area (TPSA) is 33.0 Å². The van der Waals surface area contributed by atoms with E-state index in [1.54, 1.807) is 24.9 Å². The van der Waals surface area contributed by atoms with Crippen LogP contribution in [-0.4, -0.2) is 7.11 Å². The highest BCUT2D eigenvalue weighted by molar-refractivity contribution is 7.99. The summed E-state index contributed by atoms with van der Waals surface area (Å²) in [5.74, 6) is 0.839. The van der Waals surface area contributed by atoms with Crippen LogP contribution in [0.1, 0.15) is 5.56 Å². The van der Waals surface area contributed by atoms with Crippen LogP contribution in [0.15, 0.2) is 58.3 Å². The second kappa shape index (κ2) is 5.42. The monoisotopic (exact) mass is 241 g/mol. The van der Waals surface area contributed by atoms with E-state index in [0.717, 1.165) is 15.5 Å². The van der Waals surface area contributed by atoms with Gasteiger partial charge in [-0.25, -0.2) is 0 Å². The number of hydrogen-bond donors (Lipinski definition) is 0. The Kier molecular flexibility index (Phi) is 3.69. The second-order valence-electron chi connectivity index (χ2n) is 3.42. The van der Waals surface area contributed by atoms with Gasteiger partial charge in [-0.3, -0.25) is 0 Å². The molecule has 0 spiro atoms. The average Bonchev–Trinajstić information content (AvgIpc) is 2.39. The van der Waals surface area contributed by atoms with Crippen LogP contribution in [0.4, 0.5) is 0 Å². The molecule has 0 amide bonds. The molecule has 3 heteroatoms. The predicted molar refractivity (Wildman–Crippen MR) is 68.3 cm³/mol. The Morgan fingerprint density at radius 1 is 1.06 bits per heavy atom. The Bertz CT molecular complexity index is 560. The van der Waals surface area contributed by atoms with Gasteiger partial charge in [0, 0.05) is 9.79 Å². The van der Waals surface area contributed by atoms with Crippen LogP contribution in [0.5, 0.6) is 5.75 Å². The zero-order valence-corrected chi connectivity index (χ0v) is 10.2. The molecule has 0 aromatic heterocycles. The molecular weight excluding hydrogens is 230 g/mol. The number of rotatable bonds is 3. The van der Waals surface area contributed by atoms with E-state index in [9.17, 15) is 0 Å². The van der Waals surface area contributed by atoms with Crippen LogP contribution in [0, 0.1) is 11.3 Å². The summed E-state index contributed by atoms with van der Waals surface area (Å²) in [6, 6.07) is 17.6. The van der Waals surface area contributed by atoms with Crippen molar-refractivity contribution in [3.8, 4) is 11.8 Å². The highest BCUT2D eigenvalue weighted by atomic mass is 32.2. The Morgan fingerprint density at radius 2 is 1.76 bits per heavy atom. The zero-order valence-electron chi connectivity index (χ0n) is 9.38. The zero-order chi connectivity index (χ0) is 12.1. The van der Waals surface area contributed by atoms with Gasteiger partial charge in [-0.2, -0.15) is 5.26 Å². The van der Waals surface area contributed by atoms with E-state index in [2.05, 4.69) is 6.07 Å². The number of benzene rings is 2. The lowest BCUT2D eigenvalue weighted by Gasteiger charge is -2.04. The molecule has 0 radical (unpaired) electrons. The third-order valence-electron chi connectivity index (χ3n) is 2.24. The maximum Gasteiger partial charge on any atom is 0.119 e. The molecule has 0 N–H and O–H groups in total. The van der Waals surface area contributed by atoms with E-state index < -0.39 is 0 Å². The van der Waals surface area contributed by atoms with Crippen LogP contribution in [0.2, 0.25) is 0 Å². The number of methoxy groups -OCH3 is 1. The van der Waals surface area contributed by atoms with Gasteiger partial charge in [-0.1, -0.05) is 23.9 Å². The molecule has 0 saturated carbocycles. The normalized spacial score (nSPS) is 9.65. The summed E-state index contributed by atoms with van der Waals surface area (Å²) < 4.78 is 5.17. The van der Waals surface area contributed by atoms with E-state index in [4.69, 9.17) is 10.00 Å². The van der Waals surface area contributed by atoms with Gasteiger partial charge in [0.05, 0.1) is 18.7 Å². The summed E-state index contributed by atoms with van der Waals surface area (Å²) in [4.78, 5) is 2.15. The van der Waals surface area contributed by atoms with Crippen molar-refractivity contribution >= 4 is 11.8 Å². The van der Waals surface area contributed by atoms with Gasteiger partial charge in [0.25, 0.3) is 0 Å². The molecule has 0 aliphatic rings. The fraction of sp³-hybridized carbons (Fsp3) is 0.0714. The first kappa shape index (κ1) is 11.6. The van der Waals surface area contributed by atoms with Gasteiger partial charge in [0.1, 0.15) is 5.75 Å². The van der Waals surface area contributed by atoms with Crippen LogP contribution in [0.25, 0.3) is 0 Å². The molecule has 2 nitrogen and oxygen atoms in total. The van der Waals surface area contributed by atoms with Gasteiger partial charge in [-0.15, -0.1) is 0 Å². The van der Waals surface area contributed by atoms with Crippen molar-refractivity contribution in [3.05, 3.63) is 54.1 Å². The number of hydrogen-bond acceptors (Lipinski definition) is 3. The fourth-order valence-electron chi connectivity index (χ4n) is 1.43. The van der Waals surface area contributed by atoms with Crippen molar-refractivity contribution in [1.29, 1.82) is 5.26 Å². The molecule has 0 aliphatic carbocycles. The van der Waals surface area contributed by atoms with E-state index >= 15 is 0 Å². The SMILES string of the molecule is COc1cccc(Sc2cccc(C#N)c2)c1. The molecule has 84 valence electrons. The highest BCUT2D eigenvalue weighted by Gasteiger charge is 2.00. The molecule has 17 heavy (non-hydrogen) atoms. The molecule has 0 fully saturated rings. The molecule has 0 heterocycles. The predicted octanol–water partition coefficient (Wildman–Crippen LogP) is 3.72. The van der Waals surface area contributed by atoms with Gasteiger partial charge in [0.2, 0.25) is 0 Å². The summed E-state index contributed by atoms with van der Waals surface area (Å²) in [7, 11) is 1.65. The lowest BCUT2D eigenvalue weighted by molar-refractivity contribution is 0.413. The summed E-state index contributed by atoms with van der Waals surface area (Å²) in [5.41, 5.74) is 0.679. The maximum atomic E-state index is 8.83. The largest absolute Gasteiger partial charge is 0.497 e. The third kappa shape index (κ3) is 3.02. The van der Waals surface area contributed by atoms with E-state index in [1.165, 1.54) is 0 Å². The van der Waals surface area contributed by atoms with Crippen LogP contribution >= 0.6 is 11.8 Å². The van der Waals surface area contributed by atoms with Crippen molar-refractivity contribution in [1.82, 2.24) is 0 Å². The van der Waals surface area contributed by atoms with E-state index in [0.29, 0.717) is 5.56 Å². The summed E-state index contributed by atoms with van der Waals surface area (Å²) in [5, 5.41) is 8.83. The van der Waals surface area contributed by atoms with Crippen LogP contribution < -0.4 is 4.74 Å². The van der Waals surface area contributed by atoms with Crippen molar-refractivity contribution in [2.24, 2.45) is 0 Å². The summed E-state index contributed by atoms with van der Waals surface area (Å²) in [6.45, 7) is 0. The van der Waals surface area contributed by atoms with E-state index in [-0.39, 0.29) is 0 Å². The number of nitrogens with zero attached hydrogens (tertiary/aromatic N) is 1. The lowest BCUT2D eigenvalue weighted by atomic mass is 10.2. The highest BCUT2D eigenvalue weighted by Crippen LogP contribution is 2.30. The van der Waals surface area contributed by atoms with Crippen molar-refractivity contribution in [2.75, 3.05) is 7.11 Å². The molecule has 2 aromatic carbocycles. The van der Waals surface area contributed by atoms with E-state index in [1.807, 2.05) is 42.5 Å². The standard InChI is InChI=1S/C14H11NOS/c1-16-12-5-3-7-14(9-12)17-13-6-2-4-11(8-13)10-15/h2-9H,1H3. The fourth-order valence-corrected chi connectivity index (χ4v) is 2.36. The second-order valence-corrected chi connectivity index (χ2v) is 4.57. The molecule has 0 bridgehead atoms. The minimum absolute atomic E-state index is 0.679. The lowest BCUT2D eigenvalue weighted by Crippen LogP contribution is -1.82. The van der Waals surface area contributed by atoms with Gasteiger partial charge < -0.3 is 4.74 Å². The Balaban J connectivity index is 2.22. The maximum absolute atomic E-state index is 8.83. The Hall–Kier alpha value is -1.92. The molecule has 0 unspecified atom stereocenters. The number of ether oxygens (including phenoxy) is 1. The van der Waals surface area contributed by atoms with Crippen molar-refractivity contribution in [3.63, 3.8) is 0 Å². The minimum atomic E-state index is 0.679. The van der Waals surface area contributed by atoms with Crippen molar-refractivity contribution < 1.29 is 4.74 Å². The first-order valence-electron chi connectivity index (χ1n) is 5.14. The molecule has 0 atom stereocenters. The molecule has 2 rings (SSSR count). The first-order chi connectivity index (χ1) is 8.31. The molecule has 0 aliphatic heterocycles.